The molecule has 0 aliphatic rings. The summed E-state index contributed by atoms with van der Waals surface area (Å²) in [5, 5.41) is 0.598. The van der Waals surface area contributed by atoms with Gasteiger partial charge >= 0.3 is 0 Å². The first-order chi connectivity index (χ1) is 8.70. The molecular formula is C15H14Cl2O. The van der Waals surface area contributed by atoms with E-state index in [1.165, 1.54) is 5.56 Å². The summed E-state index contributed by atoms with van der Waals surface area (Å²) in [6.45, 7) is 2.55. The van der Waals surface area contributed by atoms with Crippen molar-refractivity contribution in [1.82, 2.24) is 0 Å². The zero-order valence-electron chi connectivity index (χ0n) is 10.1. The lowest BCUT2D eigenvalue weighted by Crippen LogP contribution is -1.98. The van der Waals surface area contributed by atoms with Crippen LogP contribution in [0.15, 0.2) is 42.5 Å². The third kappa shape index (κ3) is 3.18. The Kier molecular flexibility index (Phi) is 4.51. The number of alkyl halides is 1. The summed E-state index contributed by atoms with van der Waals surface area (Å²) in [4.78, 5) is 0. The van der Waals surface area contributed by atoms with Crippen molar-refractivity contribution in [1.29, 1.82) is 0 Å². The topological polar surface area (TPSA) is 9.23 Å². The summed E-state index contributed by atoms with van der Waals surface area (Å²) < 4.78 is 5.78. The lowest BCUT2D eigenvalue weighted by molar-refractivity contribution is 0.304. The molecule has 0 aromatic heterocycles. The van der Waals surface area contributed by atoms with Crippen LogP contribution in [0.2, 0.25) is 5.02 Å². The maximum absolute atomic E-state index is 6.12. The average Bonchev–Trinajstić information content (AvgIpc) is 2.37. The van der Waals surface area contributed by atoms with Crippen molar-refractivity contribution in [3.8, 4) is 5.75 Å². The van der Waals surface area contributed by atoms with E-state index in [0.717, 1.165) is 11.1 Å². The Morgan fingerprint density at radius 2 is 1.89 bits per heavy atom. The van der Waals surface area contributed by atoms with Crippen LogP contribution >= 0.6 is 23.2 Å². The summed E-state index contributed by atoms with van der Waals surface area (Å²) in [5.41, 5.74) is 3.25. The Balaban J connectivity index is 2.15. The zero-order valence-corrected chi connectivity index (χ0v) is 11.6. The fourth-order valence-electron chi connectivity index (χ4n) is 1.78. The van der Waals surface area contributed by atoms with Gasteiger partial charge in [0.1, 0.15) is 12.4 Å². The number of hydrogen-bond donors (Lipinski definition) is 0. The van der Waals surface area contributed by atoms with Crippen LogP contribution in [0.3, 0.4) is 0 Å². The minimum atomic E-state index is 0.393. The van der Waals surface area contributed by atoms with Gasteiger partial charge in [0, 0.05) is 5.56 Å². The normalized spacial score (nSPS) is 10.4. The molecule has 2 aromatic carbocycles. The van der Waals surface area contributed by atoms with Crippen molar-refractivity contribution in [2.75, 3.05) is 0 Å². The molecule has 94 valence electrons. The fraction of sp³-hybridized carbons (Fsp3) is 0.200. The molecule has 2 aromatic rings. The summed E-state index contributed by atoms with van der Waals surface area (Å²) >= 11 is 12.0. The Bertz CT molecular complexity index is 538. The van der Waals surface area contributed by atoms with Gasteiger partial charge in [-0.25, -0.2) is 0 Å². The Labute approximate surface area is 117 Å². The Morgan fingerprint density at radius 3 is 2.61 bits per heavy atom. The van der Waals surface area contributed by atoms with Gasteiger partial charge in [-0.1, -0.05) is 53.6 Å². The molecular weight excluding hydrogens is 267 g/mol. The second-order valence-corrected chi connectivity index (χ2v) is 4.81. The van der Waals surface area contributed by atoms with Gasteiger partial charge in [-0.15, -0.1) is 11.6 Å². The minimum Gasteiger partial charge on any atom is -0.487 e. The number of para-hydroxylation sites is 1. The van der Waals surface area contributed by atoms with Crippen molar-refractivity contribution >= 4 is 23.2 Å². The second-order valence-electron chi connectivity index (χ2n) is 4.14. The summed E-state index contributed by atoms with van der Waals surface area (Å²) in [6.07, 6.45) is 0. The highest BCUT2D eigenvalue weighted by atomic mass is 35.5. The van der Waals surface area contributed by atoms with Gasteiger partial charge in [0.25, 0.3) is 0 Å². The number of ether oxygens (including phenoxy) is 1. The highest BCUT2D eigenvalue weighted by molar-refractivity contribution is 6.32. The molecule has 0 bridgehead atoms. The Morgan fingerprint density at radius 1 is 1.11 bits per heavy atom. The first-order valence-electron chi connectivity index (χ1n) is 5.72. The second kappa shape index (κ2) is 6.12. The summed E-state index contributed by atoms with van der Waals surface area (Å²) in [6, 6.07) is 13.8. The van der Waals surface area contributed by atoms with Crippen molar-refractivity contribution in [3.63, 3.8) is 0 Å². The molecule has 0 unspecified atom stereocenters. The number of aryl methyl sites for hydroxylation is 1. The SMILES string of the molecule is Cc1cccc(COc2c(Cl)cccc2CCl)c1. The van der Waals surface area contributed by atoms with Crippen LogP contribution in [0.4, 0.5) is 0 Å². The lowest BCUT2D eigenvalue weighted by Gasteiger charge is -2.12. The van der Waals surface area contributed by atoms with Gasteiger partial charge in [-0.05, 0) is 18.6 Å². The average molecular weight is 281 g/mol. The first-order valence-corrected chi connectivity index (χ1v) is 6.63. The number of rotatable bonds is 4. The highest BCUT2D eigenvalue weighted by Crippen LogP contribution is 2.30. The van der Waals surface area contributed by atoms with Gasteiger partial charge in [0.2, 0.25) is 0 Å². The lowest BCUT2D eigenvalue weighted by atomic mass is 10.1. The molecule has 0 atom stereocenters. The van der Waals surface area contributed by atoms with E-state index in [9.17, 15) is 0 Å². The maximum Gasteiger partial charge on any atom is 0.142 e. The van der Waals surface area contributed by atoms with Crippen LogP contribution in [0.1, 0.15) is 16.7 Å². The van der Waals surface area contributed by atoms with Crippen molar-refractivity contribution < 1.29 is 4.74 Å². The maximum atomic E-state index is 6.12. The molecule has 0 saturated heterocycles. The molecule has 0 spiro atoms. The molecule has 2 rings (SSSR count). The predicted molar refractivity (Wildman–Crippen MR) is 76.5 cm³/mol. The number of halogens is 2. The van der Waals surface area contributed by atoms with Gasteiger partial charge in [0.05, 0.1) is 10.9 Å². The smallest absolute Gasteiger partial charge is 0.142 e. The molecule has 0 amide bonds. The van der Waals surface area contributed by atoms with E-state index in [0.29, 0.717) is 23.3 Å². The van der Waals surface area contributed by atoms with E-state index in [1.807, 2.05) is 30.3 Å². The van der Waals surface area contributed by atoms with Crippen LogP contribution in [0.25, 0.3) is 0 Å². The van der Waals surface area contributed by atoms with Crippen molar-refractivity contribution in [2.24, 2.45) is 0 Å². The van der Waals surface area contributed by atoms with Crippen LogP contribution in [0.5, 0.6) is 5.75 Å². The van der Waals surface area contributed by atoms with Gasteiger partial charge in [-0.3, -0.25) is 0 Å². The number of benzene rings is 2. The molecule has 0 heterocycles. The van der Waals surface area contributed by atoms with E-state index in [-0.39, 0.29) is 0 Å². The molecule has 0 fully saturated rings. The quantitative estimate of drug-likeness (QED) is 0.719. The summed E-state index contributed by atoms with van der Waals surface area (Å²) in [7, 11) is 0. The molecule has 0 aliphatic carbocycles. The van der Waals surface area contributed by atoms with Gasteiger partial charge < -0.3 is 4.74 Å². The minimum absolute atomic E-state index is 0.393. The van der Waals surface area contributed by atoms with Crippen LogP contribution in [-0.4, -0.2) is 0 Å². The highest BCUT2D eigenvalue weighted by Gasteiger charge is 2.07. The van der Waals surface area contributed by atoms with Gasteiger partial charge in [0.15, 0.2) is 0 Å². The first kappa shape index (κ1) is 13.3. The molecule has 0 aliphatic heterocycles. The van der Waals surface area contributed by atoms with E-state index in [4.69, 9.17) is 27.9 Å². The monoisotopic (exact) mass is 280 g/mol. The van der Waals surface area contributed by atoms with Crippen molar-refractivity contribution in [3.05, 3.63) is 64.2 Å². The number of hydrogen-bond acceptors (Lipinski definition) is 1. The molecule has 0 N–H and O–H groups in total. The largest absolute Gasteiger partial charge is 0.487 e. The third-order valence-corrected chi connectivity index (χ3v) is 3.24. The third-order valence-electron chi connectivity index (χ3n) is 2.66. The molecule has 0 saturated carbocycles. The van der Waals surface area contributed by atoms with E-state index >= 15 is 0 Å². The molecule has 3 heteroatoms. The van der Waals surface area contributed by atoms with E-state index in [2.05, 4.69) is 19.1 Å². The standard InChI is InChI=1S/C15H14Cl2O/c1-11-4-2-5-12(8-11)10-18-15-13(9-16)6-3-7-14(15)17/h2-8H,9-10H2,1H3. The fourth-order valence-corrected chi connectivity index (χ4v) is 2.24. The van der Waals surface area contributed by atoms with E-state index in [1.54, 1.807) is 0 Å². The zero-order chi connectivity index (χ0) is 13.0. The molecule has 0 radical (unpaired) electrons. The molecule has 18 heavy (non-hydrogen) atoms. The predicted octanol–water partition coefficient (Wildman–Crippen LogP) is 4.97. The summed E-state index contributed by atoms with van der Waals surface area (Å²) in [5.74, 6) is 1.07. The van der Waals surface area contributed by atoms with Crippen LogP contribution < -0.4 is 4.74 Å². The van der Waals surface area contributed by atoms with Crippen LogP contribution in [0, 0.1) is 6.92 Å². The molecule has 1 nitrogen and oxygen atoms in total. The van der Waals surface area contributed by atoms with Crippen molar-refractivity contribution in [2.45, 2.75) is 19.4 Å². The Hall–Kier alpha value is -1.18. The van der Waals surface area contributed by atoms with E-state index < -0.39 is 0 Å². The van der Waals surface area contributed by atoms with Gasteiger partial charge in [-0.2, -0.15) is 0 Å². The van der Waals surface area contributed by atoms with Crippen LogP contribution in [-0.2, 0) is 12.5 Å².